The molecule has 0 spiro atoms. The third kappa shape index (κ3) is 4.43. The summed E-state index contributed by atoms with van der Waals surface area (Å²) in [6.45, 7) is -0.224. The second kappa shape index (κ2) is 8.53. The molecular formula is C16H15Cl2NO5S. The molecule has 9 heteroatoms. The van der Waals surface area contributed by atoms with Crippen LogP contribution < -0.4 is 10.5 Å². The maximum absolute atomic E-state index is 12.8. The van der Waals surface area contributed by atoms with Gasteiger partial charge in [0.05, 0.1) is 27.8 Å². The highest BCUT2D eigenvalue weighted by molar-refractivity contribution is 7.85. The van der Waals surface area contributed by atoms with E-state index in [1.165, 1.54) is 37.4 Å². The maximum Gasteiger partial charge on any atom is 0.343 e. The van der Waals surface area contributed by atoms with Crippen molar-refractivity contribution in [2.24, 2.45) is 5.73 Å². The number of carbonyl (C=O) groups is 1. The Balaban J connectivity index is 2.32. The quantitative estimate of drug-likeness (QED) is 0.719. The number of esters is 1. The van der Waals surface area contributed by atoms with E-state index in [0.717, 1.165) is 0 Å². The minimum absolute atomic E-state index is 0.0268. The molecule has 1 unspecified atom stereocenters. The van der Waals surface area contributed by atoms with Crippen LogP contribution in [0.3, 0.4) is 0 Å². The van der Waals surface area contributed by atoms with Gasteiger partial charge in [0.1, 0.15) is 16.5 Å². The molecule has 25 heavy (non-hydrogen) atoms. The number of hydrogen-bond donors (Lipinski definition) is 2. The van der Waals surface area contributed by atoms with Crippen LogP contribution in [0.2, 0.25) is 10.0 Å². The first-order chi connectivity index (χ1) is 11.9. The number of carbonyl (C=O) groups excluding carboxylic acids is 1. The van der Waals surface area contributed by atoms with Gasteiger partial charge in [-0.2, -0.15) is 0 Å². The van der Waals surface area contributed by atoms with Gasteiger partial charge >= 0.3 is 5.97 Å². The Kier molecular flexibility index (Phi) is 6.66. The molecule has 0 saturated heterocycles. The molecule has 0 aliphatic rings. The number of methoxy groups -OCH3 is 1. The highest BCUT2D eigenvalue weighted by atomic mass is 35.5. The lowest BCUT2D eigenvalue weighted by Crippen LogP contribution is -2.12. The van der Waals surface area contributed by atoms with Crippen molar-refractivity contribution in [1.29, 1.82) is 0 Å². The third-order valence-electron chi connectivity index (χ3n) is 3.27. The zero-order valence-corrected chi connectivity index (χ0v) is 15.5. The first-order valence-electron chi connectivity index (χ1n) is 7.00. The van der Waals surface area contributed by atoms with Gasteiger partial charge in [0.25, 0.3) is 0 Å². The summed E-state index contributed by atoms with van der Waals surface area (Å²) < 4.78 is 22.5. The summed E-state index contributed by atoms with van der Waals surface area (Å²) in [5.74, 6) is -0.372. The van der Waals surface area contributed by atoms with Crippen molar-refractivity contribution < 1.29 is 23.6 Å². The Morgan fingerprint density at radius 1 is 1.24 bits per heavy atom. The Hall–Kier alpha value is -1.80. The number of hydrogen-bond acceptors (Lipinski definition) is 6. The molecule has 2 rings (SSSR count). The van der Waals surface area contributed by atoms with E-state index in [-0.39, 0.29) is 39.6 Å². The normalized spacial score (nSPS) is 11.8. The molecule has 134 valence electrons. The zero-order chi connectivity index (χ0) is 18.6. The van der Waals surface area contributed by atoms with Gasteiger partial charge in [-0.1, -0.05) is 23.2 Å². The largest absolute Gasteiger partial charge is 0.508 e. The van der Waals surface area contributed by atoms with Crippen LogP contribution in [0.25, 0.3) is 0 Å². The average molecular weight is 404 g/mol. The van der Waals surface area contributed by atoms with Crippen molar-refractivity contribution in [1.82, 2.24) is 0 Å². The average Bonchev–Trinajstić information content (AvgIpc) is 2.62. The van der Waals surface area contributed by atoms with Gasteiger partial charge in [0.15, 0.2) is 6.61 Å². The Bertz CT molecular complexity index is 828. The van der Waals surface area contributed by atoms with Crippen LogP contribution in [0.4, 0.5) is 0 Å². The van der Waals surface area contributed by atoms with Crippen molar-refractivity contribution in [2.75, 3.05) is 13.7 Å². The van der Waals surface area contributed by atoms with E-state index in [9.17, 15) is 14.1 Å². The molecule has 0 heterocycles. The molecular weight excluding hydrogens is 389 g/mol. The van der Waals surface area contributed by atoms with Crippen LogP contribution in [0.5, 0.6) is 11.5 Å². The molecule has 0 bridgehead atoms. The molecule has 0 saturated carbocycles. The van der Waals surface area contributed by atoms with Gasteiger partial charge in [-0.3, -0.25) is 0 Å². The molecule has 0 amide bonds. The van der Waals surface area contributed by atoms with Crippen molar-refractivity contribution in [3.05, 3.63) is 45.9 Å². The number of nitrogens with two attached hydrogens (primary N) is 1. The number of phenols is 1. The minimum atomic E-state index is -1.64. The minimum Gasteiger partial charge on any atom is -0.508 e. The molecule has 6 nitrogen and oxygen atoms in total. The Labute approximate surface area is 156 Å². The molecule has 0 fully saturated rings. The van der Waals surface area contributed by atoms with Crippen LogP contribution in [-0.2, 0) is 26.9 Å². The van der Waals surface area contributed by atoms with Crippen molar-refractivity contribution in [3.63, 3.8) is 0 Å². The summed E-state index contributed by atoms with van der Waals surface area (Å²) in [4.78, 5) is 11.8. The van der Waals surface area contributed by atoms with E-state index >= 15 is 0 Å². The SMILES string of the molecule is COC(=O)COc1ccc(S(=O)c2ccc(O)c(CN)c2)c(Cl)c1Cl. The highest BCUT2D eigenvalue weighted by Gasteiger charge is 2.18. The first kappa shape index (κ1) is 19.5. The van der Waals surface area contributed by atoms with Crippen LogP contribution in [0.1, 0.15) is 5.56 Å². The fourth-order valence-corrected chi connectivity index (χ4v) is 3.73. The number of aromatic hydroxyl groups is 1. The summed E-state index contributed by atoms with van der Waals surface area (Å²) in [6, 6.07) is 7.42. The molecule has 0 aromatic heterocycles. The van der Waals surface area contributed by atoms with Gasteiger partial charge in [0.2, 0.25) is 0 Å². The van der Waals surface area contributed by atoms with Crippen molar-refractivity contribution in [3.8, 4) is 11.5 Å². The van der Waals surface area contributed by atoms with Gasteiger partial charge in [-0.05, 0) is 30.3 Å². The molecule has 2 aromatic rings. The molecule has 2 aromatic carbocycles. The van der Waals surface area contributed by atoms with E-state index in [1.807, 2.05) is 0 Å². The third-order valence-corrected chi connectivity index (χ3v) is 5.67. The number of ether oxygens (including phenoxy) is 2. The highest BCUT2D eigenvalue weighted by Crippen LogP contribution is 2.38. The van der Waals surface area contributed by atoms with Gasteiger partial charge in [-0.25, -0.2) is 9.00 Å². The first-order valence-corrected chi connectivity index (χ1v) is 8.91. The molecule has 3 N–H and O–H groups in total. The van der Waals surface area contributed by atoms with Crippen LogP contribution in [-0.4, -0.2) is 29.0 Å². The zero-order valence-electron chi connectivity index (χ0n) is 13.1. The summed E-state index contributed by atoms with van der Waals surface area (Å²) in [5, 5.41) is 9.75. The van der Waals surface area contributed by atoms with Crippen LogP contribution >= 0.6 is 23.2 Å². The summed E-state index contributed by atoms with van der Waals surface area (Å²) in [6.07, 6.45) is 0. The second-order valence-corrected chi connectivity index (χ2v) is 7.02. The molecule has 0 radical (unpaired) electrons. The Morgan fingerprint density at radius 3 is 2.60 bits per heavy atom. The van der Waals surface area contributed by atoms with Crippen molar-refractivity contribution >= 4 is 40.0 Å². The van der Waals surface area contributed by atoms with E-state index in [2.05, 4.69) is 4.74 Å². The van der Waals surface area contributed by atoms with Gasteiger partial charge < -0.3 is 20.3 Å². The van der Waals surface area contributed by atoms with Gasteiger partial charge in [0, 0.05) is 17.0 Å². The predicted molar refractivity (Wildman–Crippen MR) is 94.6 cm³/mol. The standard InChI is InChI=1S/C16H15Cl2NO5S/c1-23-14(21)8-24-12-4-5-13(16(18)15(12)17)25(22)10-2-3-11(20)9(6-10)7-19/h2-6,20H,7-8,19H2,1H3. The van der Waals surface area contributed by atoms with E-state index in [4.69, 9.17) is 33.7 Å². The second-order valence-electron chi connectivity index (χ2n) is 4.82. The lowest BCUT2D eigenvalue weighted by atomic mass is 10.2. The topological polar surface area (TPSA) is 98.8 Å². The summed E-state index contributed by atoms with van der Waals surface area (Å²) in [5.41, 5.74) is 6.01. The smallest absolute Gasteiger partial charge is 0.343 e. The van der Waals surface area contributed by atoms with E-state index < -0.39 is 16.8 Å². The number of rotatable bonds is 6. The number of phenolic OH excluding ortho intramolecular Hbond substituents is 1. The molecule has 1 atom stereocenters. The maximum atomic E-state index is 12.8. The Morgan fingerprint density at radius 2 is 1.96 bits per heavy atom. The lowest BCUT2D eigenvalue weighted by molar-refractivity contribution is -0.142. The molecule has 0 aliphatic heterocycles. The van der Waals surface area contributed by atoms with E-state index in [1.54, 1.807) is 0 Å². The summed E-state index contributed by atoms with van der Waals surface area (Å²) in [7, 11) is -0.406. The fraction of sp³-hybridized carbons (Fsp3) is 0.188. The van der Waals surface area contributed by atoms with Gasteiger partial charge in [-0.15, -0.1) is 0 Å². The van der Waals surface area contributed by atoms with Crippen LogP contribution in [0, 0.1) is 0 Å². The fourth-order valence-electron chi connectivity index (χ4n) is 1.93. The lowest BCUT2D eigenvalue weighted by Gasteiger charge is -2.12. The molecule has 0 aliphatic carbocycles. The monoisotopic (exact) mass is 403 g/mol. The number of halogens is 2. The predicted octanol–water partition coefficient (Wildman–Crippen LogP) is 2.88. The van der Waals surface area contributed by atoms with E-state index in [0.29, 0.717) is 10.5 Å². The van der Waals surface area contributed by atoms with Crippen molar-refractivity contribution in [2.45, 2.75) is 16.3 Å². The summed E-state index contributed by atoms with van der Waals surface area (Å²) >= 11 is 12.3. The van der Waals surface area contributed by atoms with Crippen LogP contribution in [0.15, 0.2) is 40.1 Å². The number of benzene rings is 2.